The first-order valence-corrected chi connectivity index (χ1v) is 11.6. The van der Waals surface area contributed by atoms with Crippen molar-refractivity contribution in [2.24, 2.45) is 35.5 Å². The molecule has 0 saturated heterocycles. The molecular formula is C24H46N2O2. The molecule has 1 saturated carbocycles. The minimum atomic E-state index is -0.138. The third kappa shape index (κ3) is 8.13. The van der Waals surface area contributed by atoms with Crippen LogP contribution in [0.1, 0.15) is 81.1 Å². The largest absolute Gasteiger partial charge is 0.342 e. The van der Waals surface area contributed by atoms with Gasteiger partial charge in [0, 0.05) is 38.0 Å². The predicted molar refractivity (Wildman–Crippen MR) is 118 cm³/mol. The van der Waals surface area contributed by atoms with E-state index in [1.165, 1.54) is 0 Å². The van der Waals surface area contributed by atoms with Crippen molar-refractivity contribution in [3.63, 3.8) is 0 Å². The molecule has 4 heteroatoms. The fraction of sp³-hybridized carbons (Fsp3) is 0.917. The first-order chi connectivity index (χ1) is 13.0. The molecule has 4 nitrogen and oxygen atoms in total. The van der Waals surface area contributed by atoms with Crippen molar-refractivity contribution in [3.8, 4) is 0 Å². The normalized spacial score (nSPS) is 20.3. The Labute approximate surface area is 174 Å². The second-order valence-corrected chi connectivity index (χ2v) is 10.6. The van der Waals surface area contributed by atoms with E-state index in [1.807, 2.05) is 9.80 Å². The van der Waals surface area contributed by atoms with Crippen LogP contribution in [0.15, 0.2) is 0 Å². The first kappa shape index (κ1) is 25.0. The van der Waals surface area contributed by atoms with Crippen molar-refractivity contribution in [1.29, 1.82) is 0 Å². The second-order valence-electron chi connectivity index (χ2n) is 10.6. The summed E-state index contributed by atoms with van der Waals surface area (Å²) in [6.07, 6.45) is 3.84. The molecule has 2 atom stereocenters. The fourth-order valence-corrected chi connectivity index (χ4v) is 4.46. The topological polar surface area (TPSA) is 40.6 Å². The van der Waals surface area contributed by atoms with E-state index in [2.05, 4.69) is 55.4 Å². The van der Waals surface area contributed by atoms with Gasteiger partial charge in [0.2, 0.25) is 11.8 Å². The van der Waals surface area contributed by atoms with Gasteiger partial charge in [-0.1, -0.05) is 68.2 Å². The molecule has 0 spiro atoms. The van der Waals surface area contributed by atoms with Gasteiger partial charge in [0.1, 0.15) is 0 Å². The molecule has 0 bridgehead atoms. The predicted octanol–water partition coefficient (Wildman–Crippen LogP) is 5.07. The lowest BCUT2D eigenvalue weighted by Gasteiger charge is -2.38. The number of carbonyl (C=O) groups is 2. The Hall–Kier alpha value is -1.06. The van der Waals surface area contributed by atoms with Crippen molar-refractivity contribution in [3.05, 3.63) is 0 Å². The van der Waals surface area contributed by atoms with Gasteiger partial charge in [0.15, 0.2) is 0 Å². The highest BCUT2D eigenvalue weighted by Gasteiger charge is 2.39. The van der Waals surface area contributed by atoms with Gasteiger partial charge >= 0.3 is 0 Å². The Morgan fingerprint density at radius 1 is 0.607 bits per heavy atom. The maximum atomic E-state index is 13.5. The van der Waals surface area contributed by atoms with Gasteiger partial charge in [-0.3, -0.25) is 9.59 Å². The highest BCUT2D eigenvalue weighted by Crippen LogP contribution is 2.34. The van der Waals surface area contributed by atoms with Crippen LogP contribution in [0.4, 0.5) is 0 Å². The molecule has 164 valence electrons. The molecule has 1 fully saturated rings. The minimum absolute atomic E-state index is 0.138. The van der Waals surface area contributed by atoms with Crippen LogP contribution in [0.5, 0.6) is 0 Å². The average molecular weight is 395 g/mol. The van der Waals surface area contributed by atoms with Crippen molar-refractivity contribution < 1.29 is 9.59 Å². The van der Waals surface area contributed by atoms with E-state index >= 15 is 0 Å². The summed E-state index contributed by atoms with van der Waals surface area (Å²) in [4.78, 5) is 31.1. The SMILES string of the molecule is CC(C)CN(CC(C)C)C(=O)[C@H]1CCCC[C@H]1C(=O)N(CC(C)C)CC(C)C. The Kier molecular flexibility index (Phi) is 10.5. The Morgan fingerprint density at radius 3 is 1.07 bits per heavy atom. The molecule has 1 aliphatic carbocycles. The van der Waals surface area contributed by atoms with E-state index in [-0.39, 0.29) is 23.7 Å². The highest BCUT2D eigenvalue weighted by molar-refractivity contribution is 5.88. The smallest absolute Gasteiger partial charge is 0.226 e. The molecule has 2 amide bonds. The van der Waals surface area contributed by atoms with E-state index in [0.29, 0.717) is 23.7 Å². The zero-order valence-corrected chi connectivity index (χ0v) is 19.8. The van der Waals surface area contributed by atoms with E-state index in [9.17, 15) is 9.59 Å². The highest BCUT2D eigenvalue weighted by atomic mass is 16.2. The van der Waals surface area contributed by atoms with E-state index in [1.54, 1.807) is 0 Å². The molecule has 0 radical (unpaired) electrons. The number of hydrogen-bond donors (Lipinski definition) is 0. The van der Waals surface area contributed by atoms with Crippen molar-refractivity contribution in [1.82, 2.24) is 9.80 Å². The monoisotopic (exact) mass is 394 g/mol. The van der Waals surface area contributed by atoms with Crippen LogP contribution < -0.4 is 0 Å². The summed E-state index contributed by atoms with van der Waals surface area (Å²) in [5, 5.41) is 0. The molecule has 0 unspecified atom stereocenters. The molecule has 0 aliphatic heterocycles. The van der Waals surface area contributed by atoms with Gasteiger partial charge in [-0.15, -0.1) is 0 Å². The van der Waals surface area contributed by atoms with Crippen LogP contribution in [-0.2, 0) is 9.59 Å². The summed E-state index contributed by atoms with van der Waals surface area (Å²) in [5.41, 5.74) is 0. The van der Waals surface area contributed by atoms with Crippen LogP contribution in [0, 0.1) is 35.5 Å². The van der Waals surface area contributed by atoms with Gasteiger partial charge in [-0.2, -0.15) is 0 Å². The van der Waals surface area contributed by atoms with Crippen LogP contribution >= 0.6 is 0 Å². The molecule has 0 aromatic carbocycles. The second kappa shape index (κ2) is 11.8. The number of hydrogen-bond acceptors (Lipinski definition) is 2. The van der Waals surface area contributed by atoms with Gasteiger partial charge in [-0.25, -0.2) is 0 Å². The van der Waals surface area contributed by atoms with Crippen LogP contribution in [0.3, 0.4) is 0 Å². The van der Waals surface area contributed by atoms with E-state index in [0.717, 1.165) is 51.9 Å². The zero-order chi connectivity index (χ0) is 21.4. The third-order valence-electron chi connectivity index (χ3n) is 5.37. The Bertz CT molecular complexity index is 421. The Balaban J connectivity index is 3.03. The van der Waals surface area contributed by atoms with Crippen LogP contribution in [0.2, 0.25) is 0 Å². The van der Waals surface area contributed by atoms with Gasteiger partial charge in [-0.05, 0) is 36.5 Å². The maximum absolute atomic E-state index is 13.5. The summed E-state index contributed by atoms with van der Waals surface area (Å²) in [5.74, 6) is 1.93. The summed E-state index contributed by atoms with van der Waals surface area (Å²) in [6, 6.07) is 0. The molecule has 0 heterocycles. The molecule has 0 aromatic rings. The summed E-state index contributed by atoms with van der Waals surface area (Å²) >= 11 is 0. The van der Waals surface area contributed by atoms with E-state index < -0.39 is 0 Å². The number of amides is 2. The number of rotatable bonds is 10. The summed E-state index contributed by atoms with van der Waals surface area (Å²) in [6.45, 7) is 20.5. The standard InChI is InChI=1S/C24H46N2O2/c1-17(2)13-25(14-18(3)4)23(27)21-11-9-10-12-22(21)24(28)26(15-19(5)6)16-20(7)8/h17-22H,9-16H2,1-8H3/t21-,22+. The lowest BCUT2D eigenvalue weighted by atomic mass is 9.77. The minimum Gasteiger partial charge on any atom is -0.342 e. The van der Waals surface area contributed by atoms with Gasteiger partial charge < -0.3 is 9.80 Å². The van der Waals surface area contributed by atoms with Crippen LogP contribution in [-0.4, -0.2) is 47.8 Å². The molecule has 1 rings (SSSR count). The maximum Gasteiger partial charge on any atom is 0.226 e. The molecule has 28 heavy (non-hydrogen) atoms. The number of carbonyl (C=O) groups excluding carboxylic acids is 2. The lowest BCUT2D eigenvalue weighted by Crippen LogP contribution is -2.49. The Morgan fingerprint density at radius 2 is 0.857 bits per heavy atom. The van der Waals surface area contributed by atoms with Crippen molar-refractivity contribution >= 4 is 11.8 Å². The fourth-order valence-electron chi connectivity index (χ4n) is 4.46. The van der Waals surface area contributed by atoms with Crippen LogP contribution in [0.25, 0.3) is 0 Å². The quantitative estimate of drug-likeness (QED) is 0.519. The first-order valence-electron chi connectivity index (χ1n) is 11.6. The number of nitrogens with zero attached hydrogens (tertiary/aromatic N) is 2. The van der Waals surface area contributed by atoms with Crippen molar-refractivity contribution in [2.75, 3.05) is 26.2 Å². The van der Waals surface area contributed by atoms with Gasteiger partial charge in [0.25, 0.3) is 0 Å². The molecule has 0 N–H and O–H groups in total. The van der Waals surface area contributed by atoms with Crippen molar-refractivity contribution in [2.45, 2.75) is 81.1 Å². The third-order valence-corrected chi connectivity index (χ3v) is 5.37. The van der Waals surface area contributed by atoms with Gasteiger partial charge in [0.05, 0.1) is 0 Å². The van der Waals surface area contributed by atoms with E-state index in [4.69, 9.17) is 0 Å². The lowest BCUT2D eigenvalue weighted by molar-refractivity contribution is -0.149. The zero-order valence-electron chi connectivity index (χ0n) is 19.8. The summed E-state index contributed by atoms with van der Waals surface area (Å²) in [7, 11) is 0. The average Bonchev–Trinajstić information content (AvgIpc) is 2.57. The molecular weight excluding hydrogens is 348 g/mol. The summed E-state index contributed by atoms with van der Waals surface area (Å²) < 4.78 is 0. The molecule has 1 aliphatic rings. The molecule has 0 aromatic heterocycles.